The highest BCUT2D eigenvalue weighted by atomic mass is 16.5. The fraction of sp³-hybridized carbons (Fsp3) is 0.462. The summed E-state index contributed by atoms with van der Waals surface area (Å²) in [6.07, 6.45) is 0.281. The molecule has 1 atom stereocenters. The molecule has 0 saturated carbocycles. The van der Waals surface area contributed by atoms with Gasteiger partial charge in [0.25, 0.3) is 0 Å². The van der Waals surface area contributed by atoms with Gasteiger partial charge in [-0.3, -0.25) is 9.69 Å². The van der Waals surface area contributed by atoms with Gasteiger partial charge in [-0.1, -0.05) is 24.3 Å². The van der Waals surface area contributed by atoms with Crippen LogP contribution in [0, 0.1) is 0 Å². The summed E-state index contributed by atoms with van der Waals surface area (Å²) in [7, 11) is 1.39. The smallest absolute Gasteiger partial charge is 0.307 e. The Morgan fingerprint density at radius 3 is 2.53 bits per heavy atom. The van der Waals surface area contributed by atoms with Crippen molar-refractivity contribution >= 4 is 5.97 Å². The Bertz CT molecular complexity index is 381. The summed E-state index contributed by atoms with van der Waals surface area (Å²) in [4.78, 5) is 13.4. The third-order valence-electron chi connectivity index (χ3n) is 3.06. The first-order chi connectivity index (χ1) is 8.19. The molecule has 4 nitrogen and oxygen atoms in total. The molecular weight excluding hydrogens is 216 g/mol. The summed E-state index contributed by atoms with van der Waals surface area (Å²) in [5, 5.41) is 0. The molecule has 92 valence electrons. The van der Waals surface area contributed by atoms with E-state index in [2.05, 4.69) is 33.9 Å². The number of carbonyl (C=O) groups is 1. The Balaban J connectivity index is 1.85. The second kappa shape index (κ2) is 5.29. The van der Waals surface area contributed by atoms with Crippen LogP contribution in [0.1, 0.15) is 17.5 Å². The molecule has 1 aliphatic heterocycles. The lowest BCUT2D eigenvalue weighted by molar-refractivity contribution is -0.141. The zero-order valence-corrected chi connectivity index (χ0v) is 10.1. The SMILES string of the molecule is COC(=O)CC(N)CN1Cc2ccccc2C1. The van der Waals surface area contributed by atoms with Crippen LogP contribution in [0.4, 0.5) is 0 Å². The molecule has 4 heteroatoms. The number of esters is 1. The van der Waals surface area contributed by atoms with Crippen molar-refractivity contribution in [2.45, 2.75) is 25.6 Å². The van der Waals surface area contributed by atoms with Crippen LogP contribution >= 0.6 is 0 Å². The highest BCUT2D eigenvalue weighted by Crippen LogP contribution is 2.22. The number of nitrogens with two attached hydrogens (primary N) is 1. The minimum absolute atomic E-state index is 0.156. The van der Waals surface area contributed by atoms with Gasteiger partial charge in [-0.25, -0.2) is 0 Å². The number of nitrogens with zero attached hydrogens (tertiary/aromatic N) is 1. The Labute approximate surface area is 101 Å². The molecule has 2 rings (SSSR count). The molecular formula is C13H18N2O2. The summed E-state index contributed by atoms with van der Waals surface area (Å²) in [5.41, 5.74) is 8.64. The monoisotopic (exact) mass is 234 g/mol. The van der Waals surface area contributed by atoms with Gasteiger partial charge in [0, 0.05) is 25.7 Å². The van der Waals surface area contributed by atoms with Crippen molar-refractivity contribution in [2.75, 3.05) is 13.7 Å². The zero-order valence-electron chi connectivity index (χ0n) is 10.1. The summed E-state index contributed by atoms with van der Waals surface area (Å²) in [5.74, 6) is -0.241. The lowest BCUT2D eigenvalue weighted by Crippen LogP contribution is -2.36. The lowest BCUT2D eigenvalue weighted by atomic mass is 10.1. The predicted octanol–water partition coefficient (Wildman–Crippen LogP) is 0.893. The molecule has 0 spiro atoms. The van der Waals surface area contributed by atoms with Crippen LogP contribution in [0.25, 0.3) is 0 Å². The molecule has 1 aromatic rings. The maximum atomic E-state index is 11.1. The maximum Gasteiger partial charge on any atom is 0.307 e. The van der Waals surface area contributed by atoms with Crippen LogP contribution in [0.2, 0.25) is 0 Å². The first kappa shape index (κ1) is 12.1. The van der Waals surface area contributed by atoms with Crippen LogP contribution < -0.4 is 5.73 Å². The predicted molar refractivity (Wildman–Crippen MR) is 65.2 cm³/mol. The van der Waals surface area contributed by atoms with Crippen molar-refractivity contribution in [2.24, 2.45) is 5.73 Å². The minimum Gasteiger partial charge on any atom is -0.469 e. The number of carbonyl (C=O) groups excluding carboxylic acids is 1. The summed E-state index contributed by atoms with van der Waals surface area (Å²) >= 11 is 0. The standard InChI is InChI=1S/C13H18N2O2/c1-17-13(16)6-12(14)9-15-7-10-4-2-3-5-11(10)8-15/h2-5,12H,6-9,14H2,1H3. The van der Waals surface area contributed by atoms with Crippen molar-refractivity contribution < 1.29 is 9.53 Å². The van der Waals surface area contributed by atoms with E-state index in [1.165, 1.54) is 18.2 Å². The van der Waals surface area contributed by atoms with Crippen molar-refractivity contribution in [3.8, 4) is 0 Å². The van der Waals surface area contributed by atoms with Crippen molar-refractivity contribution in [1.82, 2.24) is 4.90 Å². The van der Waals surface area contributed by atoms with E-state index in [1.54, 1.807) is 0 Å². The van der Waals surface area contributed by atoms with Crippen LogP contribution in [0.15, 0.2) is 24.3 Å². The molecule has 0 aromatic heterocycles. The first-order valence-corrected chi connectivity index (χ1v) is 5.80. The molecule has 1 unspecified atom stereocenters. The van der Waals surface area contributed by atoms with Crippen molar-refractivity contribution in [1.29, 1.82) is 0 Å². The molecule has 0 aliphatic carbocycles. The normalized spacial score (nSPS) is 16.6. The fourth-order valence-electron chi connectivity index (χ4n) is 2.23. The molecule has 1 aliphatic rings. The molecule has 1 heterocycles. The van der Waals surface area contributed by atoms with Gasteiger partial charge >= 0.3 is 5.97 Å². The van der Waals surface area contributed by atoms with E-state index in [9.17, 15) is 4.79 Å². The van der Waals surface area contributed by atoms with E-state index < -0.39 is 0 Å². The summed E-state index contributed by atoms with van der Waals surface area (Å²) in [6, 6.07) is 8.23. The van der Waals surface area contributed by atoms with Crippen molar-refractivity contribution in [3.05, 3.63) is 35.4 Å². The van der Waals surface area contributed by atoms with E-state index in [1.807, 2.05) is 0 Å². The second-order valence-corrected chi connectivity index (χ2v) is 4.48. The van der Waals surface area contributed by atoms with Crippen LogP contribution in [0.3, 0.4) is 0 Å². The summed E-state index contributed by atoms with van der Waals surface area (Å²) in [6.45, 7) is 2.57. The molecule has 17 heavy (non-hydrogen) atoms. The minimum atomic E-state index is -0.241. The molecule has 0 saturated heterocycles. The quantitative estimate of drug-likeness (QED) is 0.786. The van der Waals surface area contributed by atoms with Crippen LogP contribution in [-0.4, -0.2) is 30.6 Å². The highest BCUT2D eigenvalue weighted by Gasteiger charge is 2.21. The second-order valence-electron chi connectivity index (χ2n) is 4.48. The molecule has 0 radical (unpaired) electrons. The number of ether oxygens (including phenoxy) is 1. The highest BCUT2D eigenvalue weighted by molar-refractivity contribution is 5.69. The van der Waals surface area contributed by atoms with E-state index in [4.69, 9.17) is 5.73 Å². The third-order valence-corrected chi connectivity index (χ3v) is 3.06. The molecule has 1 aromatic carbocycles. The van der Waals surface area contributed by atoms with Gasteiger partial charge in [0.1, 0.15) is 0 Å². The summed E-state index contributed by atoms with van der Waals surface area (Å²) < 4.78 is 4.61. The Hall–Kier alpha value is -1.39. The number of methoxy groups -OCH3 is 1. The van der Waals surface area contributed by atoms with Crippen LogP contribution in [-0.2, 0) is 22.6 Å². The van der Waals surface area contributed by atoms with Gasteiger partial charge in [-0.15, -0.1) is 0 Å². The number of hydrogen-bond acceptors (Lipinski definition) is 4. The van der Waals surface area contributed by atoms with Gasteiger partial charge < -0.3 is 10.5 Å². The molecule has 0 fully saturated rings. The number of hydrogen-bond donors (Lipinski definition) is 1. The van der Waals surface area contributed by atoms with Gasteiger partial charge in [0.15, 0.2) is 0 Å². The van der Waals surface area contributed by atoms with Gasteiger partial charge in [-0.2, -0.15) is 0 Å². The van der Waals surface area contributed by atoms with Crippen LogP contribution in [0.5, 0.6) is 0 Å². The van der Waals surface area contributed by atoms with E-state index >= 15 is 0 Å². The first-order valence-electron chi connectivity index (χ1n) is 5.80. The zero-order chi connectivity index (χ0) is 12.3. The Kier molecular flexibility index (Phi) is 3.76. The Morgan fingerprint density at radius 2 is 2.00 bits per heavy atom. The molecule has 0 bridgehead atoms. The molecule has 2 N–H and O–H groups in total. The van der Waals surface area contributed by atoms with Gasteiger partial charge in [0.05, 0.1) is 13.5 Å². The lowest BCUT2D eigenvalue weighted by Gasteiger charge is -2.19. The van der Waals surface area contributed by atoms with E-state index in [0.717, 1.165) is 19.6 Å². The Morgan fingerprint density at radius 1 is 1.41 bits per heavy atom. The fourth-order valence-corrected chi connectivity index (χ4v) is 2.23. The largest absolute Gasteiger partial charge is 0.469 e. The average molecular weight is 234 g/mol. The number of benzene rings is 1. The number of fused-ring (bicyclic) bond motifs is 1. The number of rotatable bonds is 4. The topological polar surface area (TPSA) is 55.6 Å². The third kappa shape index (κ3) is 3.05. The average Bonchev–Trinajstić information content (AvgIpc) is 2.70. The molecule has 0 amide bonds. The van der Waals surface area contributed by atoms with Gasteiger partial charge in [0.2, 0.25) is 0 Å². The van der Waals surface area contributed by atoms with E-state index in [-0.39, 0.29) is 18.4 Å². The maximum absolute atomic E-state index is 11.1. The van der Waals surface area contributed by atoms with E-state index in [0.29, 0.717) is 0 Å². The van der Waals surface area contributed by atoms with Gasteiger partial charge in [-0.05, 0) is 11.1 Å². The van der Waals surface area contributed by atoms with Crippen molar-refractivity contribution in [3.63, 3.8) is 0 Å².